The molecule has 0 fully saturated rings. The molecule has 0 saturated heterocycles. The highest BCUT2D eigenvalue weighted by Gasteiger charge is 2.16. The Hall–Kier alpha value is -5.52. The van der Waals surface area contributed by atoms with Gasteiger partial charge in [0.2, 0.25) is 0 Å². The smallest absolute Gasteiger partial charge is 0.306 e. The second kappa shape index (κ2) is 69.7. The van der Waals surface area contributed by atoms with Crippen LogP contribution in [0.15, 0.2) is 207 Å². The van der Waals surface area contributed by atoms with E-state index < -0.39 is 6.10 Å². The molecule has 5 heteroatoms. The van der Waals surface area contributed by atoms with Crippen molar-refractivity contribution in [2.24, 2.45) is 0 Å². The van der Waals surface area contributed by atoms with Crippen LogP contribution in [0, 0.1) is 0 Å². The van der Waals surface area contributed by atoms with Crippen LogP contribution in [-0.4, -0.2) is 36.4 Å². The standard InChI is InChI=1S/C77H118O5/c1-3-5-7-9-11-13-15-17-19-21-23-25-27-29-31-33-35-37-38-40-42-44-46-48-50-52-54-56-58-60-62-64-66-68-70-72-77(80)82-75(73-78)74-81-76(79)71-69-67-65-63-61-59-57-55-53-51-49-47-45-43-41-39-36-34-32-30-28-26-24-22-20-18-16-14-12-10-8-6-4-2/h5-8,11-14,17-20,23-26,29-32,35-37,39-40,42-43,45-46,48-49,51-52,54,75,78H,3-4,9-10,15-16,21-22,27-28,33-34,38,41,44,47,50,53,55-74H2,1-2H3/b7-5-,8-6-,13-11-,14-12-,19-17-,20-18-,25-23-,26-24-,31-29-,32-30-,37-35-,39-36-,42-40-,45-43-,48-46-,51-49-,54-52-. The van der Waals surface area contributed by atoms with Crippen molar-refractivity contribution < 1.29 is 24.2 Å². The van der Waals surface area contributed by atoms with Crippen LogP contribution in [0.2, 0.25) is 0 Å². The van der Waals surface area contributed by atoms with Crippen LogP contribution in [0.4, 0.5) is 0 Å². The number of carbonyl (C=O) groups excluding carboxylic acids is 2. The number of hydrogen-bond donors (Lipinski definition) is 1. The topological polar surface area (TPSA) is 72.8 Å². The second-order valence-electron chi connectivity index (χ2n) is 20.7. The van der Waals surface area contributed by atoms with Gasteiger partial charge in [-0.1, -0.05) is 291 Å². The van der Waals surface area contributed by atoms with Crippen LogP contribution < -0.4 is 0 Å². The lowest BCUT2D eigenvalue weighted by Crippen LogP contribution is -2.28. The van der Waals surface area contributed by atoms with Gasteiger partial charge in [0.25, 0.3) is 0 Å². The molecular weight excluding hydrogens is 1000 g/mol. The number of aliphatic hydroxyl groups excluding tert-OH is 1. The molecule has 0 aromatic carbocycles. The van der Waals surface area contributed by atoms with E-state index in [2.05, 4.69) is 220 Å². The first kappa shape index (κ1) is 76.5. The molecule has 0 amide bonds. The number of carbonyl (C=O) groups is 2. The van der Waals surface area contributed by atoms with E-state index >= 15 is 0 Å². The maximum atomic E-state index is 12.4. The Morgan fingerprint density at radius 1 is 0.280 bits per heavy atom. The summed E-state index contributed by atoms with van der Waals surface area (Å²) in [6.45, 7) is 3.88. The van der Waals surface area contributed by atoms with E-state index in [1.54, 1.807) is 0 Å². The van der Waals surface area contributed by atoms with Crippen molar-refractivity contribution >= 4 is 11.9 Å². The number of aliphatic hydroxyl groups is 1. The highest BCUT2D eigenvalue weighted by molar-refractivity contribution is 5.70. The fourth-order valence-corrected chi connectivity index (χ4v) is 8.27. The summed E-state index contributed by atoms with van der Waals surface area (Å²) in [6, 6.07) is 0. The molecule has 456 valence electrons. The monoisotopic (exact) mass is 1120 g/mol. The molecule has 82 heavy (non-hydrogen) atoms. The molecule has 1 N–H and O–H groups in total. The zero-order chi connectivity index (χ0) is 59.1. The van der Waals surface area contributed by atoms with Crippen molar-refractivity contribution in [2.75, 3.05) is 13.2 Å². The first-order chi connectivity index (χ1) is 40.6. The average Bonchev–Trinajstić information content (AvgIpc) is 3.49. The van der Waals surface area contributed by atoms with Gasteiger partial charge in [-0.3, -0.25) is 9.59 Å². The molecule has 0 aromatic heterocycles. The third-order valence-electron chi connectivity index (χ3n) is 13.1. The number of unbranched alkanes of at least 4 members (excludes halogenated alkanes) is 15. The summed E-state index contributed by atoms with van der Waals surface area (Å²) < 4.78 is 10.7. The molecule has 0 aliphatic carbocycles. The Balaban J connectivity index is 3.64. The van der Waals surface area contributed by atoms with E-state index in [0.29, 0.717) is 12.8 Å². The molecule has 1 atom stereocenters. The molecule has 0 aliphatic rings. The molecule has 0 rings (SSSR count). The summed E-state index contributed by atoms with van der Waals surface area (Å²) in [4.78, 5) is 24.6. The fraction of sp³-hybridized carbons (Fsp3) is 0.532. The van der Waals surface area contributed by atoms with Crippen LogP contribution in [0.3, 0.4) is 0 Å². The third kappa shape index (κ3) is 67.0. The largest absolute Gasteiger partial charge is 0.462 e. The Morgan fingerprint density at radius 2 is 0.488 bits per heavy atom. The Bertz CT molecular complexity index is 1950. The molecule has 0 aliphatic heterocycles. The summed E-state index contributed by atoms with van der Waals surface area (Å²) in [5, 5.41) is 9.69. The minimum atomic E-state index is -0.800. The molecule has 5 nitrogen and oxygen atoms in total. The van der Waals surface area contributed by atoms with Gasteiger partial charge in [-0.25, -0.2) is 0 Å². The van der Waals surface area contributed by atoms with Crippen LogP contribution in [0.1, 0.15) is 245 Å². The van der Waals surface area contributed by atoms with E-state index in [9.17, 15) is 14.7 Å². The molecule has 0 spiro atoms. The summed E-state index contributed by atoms with van der Waals surface area (Å²) in [5.74, 6) is -0.628. The lowest BCUT2D eigenvalue weighted by molar-refractivity contribution is -0.161. The van der Waals surface area contributed by atoms with Gasteiger partial charge in [-0.05, 0) is 148 Å². The minimum absolute atomic E-state index is 0.0889. The van der Waals surface area contributed by atoms with E-state index in [1.165, 1.54) is 57.8 Å². The number of rotatable bonds is 57. The minimum Gasteiger partial charge on any atom is -0.462 e. The number of esters is 2. The van der Waals surface area contributed by atoms with Crippen molar-refractivity contribution in [3.63, 3.8) is 0 Å². The SMILES string of the molecule is CC/C=C\C/C=C\C/C=C\C/C=C\C/C=C\C/C=C\C/C=C\C/C=C\C/C=C\CCCCCCCCCC(=O)OC(CO)COC(=O)CCCCCCCCCC/C=C\C/C=C\C/C=C\C/C=C\C/C=C\C/C=C\C/C=C\C/C=C\CC. The van der Waals surface area contributed by atoms with Gasteiger partial charge in [0.1, 0.15) is 6.61 Å². The predicted octanol–water partition coefficient (Wildman–Crippen LogP) is 23.0. The quantitative estimate of drug-likeness (QED) is 0.0373. The maximum Gasteiger partial charge on any atom is 0.306 e. The molecular formula is C77H118O5. The molecule has 0 bridgehead atoms. The van der Waals surface area contributed by atoms with Crippen molar-refractivity contribution in [2.45, 2.75) is 251 Å². The van der Waals surface area contributed by atoms with E-state index in [4.69, 9.17) is 9.47 Å². The first-order valence-electron chi connectivity index (χ1n) is 32.6. The van der Waals surface area contributed by atoms with Crippen molar-refractivity contribution in [3.8, 4) is 0 Å². The molecule has 0 aromatic rings. The van der Waals surface area contributed by atoms with Gasteiger partial charge in [0.05, 0.1) is 6.61 Å². The van der Waals surface area contributed by atoms with Crippen LogP contribution in [0.5, 0.6) is 0 Å². The fourth-order valence-electron chi connectivity index (χ4n) is 8.27. The summed E-state index contributed by atoms with van der Waals surface area (Å²) in [5.41, 5.74) is 0. The Kier molecular flexibility index (Phi) is 65.1. The van der Waals surface area contributed by atoms with Crippen LogP contribution in [-0.2, 0) is 19.1 Å². The normalized spacial score (nSPS) is 13.6. The van der Waals surface area contributed by atoms with Gasteiger partial charge < -0.3 is 14.6 Å². The third-order valence-corrected chi connectivity index (χ3v) is 13.1. The maximum absolute atomic E-state index is 12.4. The van der Waals surface area contributed by atoms with Crippen molar-refractivity contribution in [1.29, 1.82) is 0 Å². The lowest BCUT2D eigenvalue weighted by atomic mass is 10.1. The summed E-state index contributed by atoms with van der Waals surface area (Å²) in [7, 11) is 0. The van der Waals surface area contributed by atoms with E-state index in [-0.39, 0.29) is 25.2 Å². The van der Waals surface area contributed by atoms with Gasteiger partial charge in [-0.15, -0.1) is 0 Å². The Labute approximate surface area is 504 Å². The molecule has 1 unspecified atom stereocenters. The van der Waals surface area contributed by atoms with E-state index in [0.717, 1.165) is 161 Å². The summed E-state index contributed by atoms with van der Waals surface area (Å²) in [6.07, 6.45) is 112. The van der Waals surface area contributed by atoms with Crippen LogP contribution in [0.25, 0.3) is 0 Å². The molecule has 0 saturated carbocycles. The number of hydrogen-bond acceptors (Lipinski definition) is 5. The van der Waals surface area contributed by atoms with Gasteiger partial charge >= 0.3 is 11.9 Å². The second-order valence-corrected chi connectivity index (χ2v) is 20.7. The summed E-state index contributed by atoms with van der Waals surface area (Å²) >= 11 is 0. The lowest BCUT2D eigenvalue weighted by Gasteiger charge is -2.15. The van der Waals surface area contributed by atoms with Crippen LogP contribution >= 0.6 is 0 Å². The zero-order valence-corrected chi connectivity index (χ0v) is 52.2. The first-order valence-corrected chi connectivity index (χ1v) is 32.6. The average molecular weight is 1120 g/mol. The van der Waals surface area contributed by atoms with E-state index in [1.807, 2.05) is 0 Å². The Morgan fingerprint density at radius 3 is 0.732 bits per heavy atom. The highest BCUT2D eigenvalue weighted by atomic mass is 16.6. The zero-order valence-electron chi connectivity index (χ0n) is 52.2. The van der Waals surface area contributed by atoms with Gasteiger partial charge in [0.15, 0.2) is 6.10 Å². The predicted molar refractivity (Wildman–Crippen MR) is 361 cm³/mol. The highest BCUT2D eigenvalue weighted by Crippen LogP contribution is 2.14. The molecule has 0 radical (unpaired) electrons. The number of ether oxygens (including phenoxy) is 2. The van der Waals surface area contributed by atoms with Gasteiger partial charge in [0, 0.05) is 12.8 Å². The van der Waals surface area contributed by atoms with Crippen molar-refractivity contribution in [3.05, 3.63) is 207 Å². The van der Waals surface area contributed by atoms with Crippen molar-refractivity contribution in [1.82, 2.24) is 0 Å². The molecule has 0 heterocycles. The van der Waals surface area contributed by atoms with Gasteiger partial charge in [-0.2, -0.15) is 0 Å². The number of allylic oxidation sites excluding steroid dienone is 34.